The molecule has 3 nitrogen and oxygen atoms in total. The Kier molecular flexibility index (Phi) is 9.29. The van der Waals surface area contributed by atoms with Crippen LogP contribution in [0.15, 0.2) is 30.3 Å². The monoisotopic (exact) mass is 279 g/mol. The van der Waals surface area contributed by atoms with E-state index >= 15 is 0 Å². The maximum Gasteiger partial charge on any atom is 0.0897 e. The zero-order valence-corrected chi connectivity index (χ0v) is 12.8. The summed E-state index contributed by atoms with van der Waals surface area (Å²) in [6.45, 7) is 6.04. The van der Waals surface area contributed by atoms with E-state index in [0.717, 1.165) is 13.0 Å². The predicted molar refractivity (Wildman–Crippen MR) is 83.8 cm³/mol. The number of hydrogen-bond donors (Lipinski definition) is 2. The molecule has 0 bridgehead atoms. The van der Waals surface area contributed by atoms with Crippen molar-refractivity contribution < 1.29 is 9.84 Å². The Morgan fingerprint density at radius 3 is 2.60 bits per heavy atom. The van der Waals surface area contributed by atoms with Crippen molar-refractivity contribution in [2.75, 3.05) is 19.8 Å². The molecular formula is C17H29NO2. The number of aliphatic hydroxyl groups excluding tert-OH is 1. The van der Waals surface area contributed by atoms with E-state index < -0.39 is 6.10 Å². The molecule has 0 aliphatic heterocycles. The molecule has 1 aromatic rings. The van der Waals surface area contributed by atoms with E-state index in [0.29, 0.717) is 13.2 Å². The summed E-state index contributed by atoms with van der Waals surface area (Å²) in [6, 6.07) is 10.5. The van der Waals surface area contributed by atoms with Crippen LogP contribution in [0.25, 0.3) is 0 Å². The lowest BCUT2D eigenvalue weighted by Crippen LogP contribution is -2.32. The average Bonchev–Trinajstić information content (AvgIpc) is 2.49. The minimum absolute atomic E-state index is 0.246. The summed E-state index contributed by atoms with van der Waals surface area (Å²) in [7, 11) is 0. The van der Waals surface area contributed by atoms with E-state index in [1.165, 1.54) is 24.8 Å². The molecule has 1 rings (SSSR count). The quantitative estimate of drug-likeness (QED) is 0.611. The van der Waals surface area contributed by atoms with Crippen LogP contribution in [-0.4, -0.2) is 31.0 Å². The highest BCUT2D eigenvalue weighted by molar-refractivity contribution is 5.17. The Morgan fingerprint density at radius 2 is 1.90 bits per heavy atom. The van der Waals surface area contributed by atoms with Crippen molar-refractivity contribution in [2.45, 2.75) is 51.7 Å². The third-order valence-electron chi connectivity index (χ3n) is 3.41. The van der Waals surface area contributed by atoms with Crippen LogP contribution >= 0.6 is 0 Å². The van der Waals surface area contributed by atoms with Crippen LogP contribution in [0.4, 0.5) is 0 Å². The molecule has 0 radical (unpaired) electrons. The summed E-state index contributed by atoms with van der Waals surface area (Å²) in [5, 5.41) is 13.2. The summed E-state index contributed by atoms with van der Waals surface area (Å²) >= 11 is 0. The summed E-state index contributed by atoms with van der Waals surface area (Å²) in [5.74, 6) is 0. The van der Waals surface area contributed by atoms with E-state index in [2.05, 4.69) is 31.3 Å². The maximum atomic E-state index is 9.86. The van der Waals surface area contributed by atoms with Gasteiger partial charge in [-0.2, -0.15) is 0 Å². The highest BCUT2D eigenvalue weighted by Gasteiger charge is 2.08. The summed E-state index contributed by atoms with van der Waals surface area (Å²) < 4.78 is 5.49. The second kappa shape index (κ2) is 10.8. The van der Waals surface area contributed by atoms with Gasteiger partial charge in [0.05, 0.1) is 12.7 Å². The largest absolute Gasteiger partial charge is 0.389 e. The summed E-state index contributed by atoms with van der Waals surface area (Å²) in [6.07, 6.45) is 4.38. The van der Waals surface area contributed by atoms with Gasteiger partial charge in [0, 0.05) is 19.2 Å². The lowest BCUT2D eigenvalue weighted by atomic mass is 10.1. The molecule has 0 heterocycles. The first-order valence-electron chi connectivity index (χ1n) is 7.78. The molecule has 0 saturated carbocycles. The van der Waals surface area contributed by atoms with Gasteiger partial charge in [0.15, 0.2) is 0 Å². The second-order valence-electron chi connectivity index (χ2n) is 5.33. The molecule has 2 atom stereocenters. The molecule has 0 aliphatic rings. The lowest BCUT2D eigenvalue weighted by molar-refractivity contribution is 0.0343. The van der Waals surface area contributed by atoms with Crippen molar-refractivity contribution in [3.05, 3.63) is 35.9 Å². The van der Waals surface area contributed by atoms with Crippen LogP contribution in [0.1, 0.15) is 51.1 Å². The molecule has 0 saturated heterocycles. The Balaban J connectivity index is 2.06. The van der Waals surface area contributed by atoms with Gasteiger partial charge in [-0.15, -0.1) is 0 Å². The van der Waals surface area contributed by atoms with Crippen molar-refractivity contribution in [1.29, 1.82) is 0 Å². The van der Waals surface area contributed by atoms with Crippen molar-refractivity contribution in [3.8, 4) is 0 Å². The van der Waals surface area contributed by atoms with Crippen LogP contribution in [0.5, 0.6) is 0 Å². The standard InChI is InChI=1S/C17H29NO2/c1-3-4-5-9-12-20-14-17(19)13-18-15(2)16-10-7-6-8-11-16/h6-8,10-11,15,17-19H,3-5,9,12-14H2,1-2H3. The molecule has 114 valence electrons. The van der Waals surface area contributed by atoms with Gasteiger partial charge >= 0.3 is 0 Å². The van der Waals surface area contributed by atoms with E-state index in [1.54, 1.807) is 0 Å². The van der Waals surface area contributed by atoms with Crippen LogP contribution in [0.3, 0.4) is 0 Å². The zero-order chi connectivity index (χ0) is 14.6. The first kappa shape index (κ1) is 17.2. The number of rotatable bonds is 11. The molecule has 1 aromatic carbocycles. The Hall–Kier alpha value is -0.900. The molecule has 20 heavy (non-hydrogen) atoms. The molecule has 2 N–H and O–H groups in total. The van der Waals surface area contributed by atoms with E-state index in [9.17, 15) is 5.11 Å². The minimum atomic E-state index is -0.438. The number of benzene rings is 1. The number of ether oxygens (including phenoxy) is 1. The summed E-state index contributed by atoms with van der Waals surface area (Å²) in [5.41, 5.74) is 1.24. The maximum absolute atomic E-state index is 9.86. The third-order valence-corrected chi connectivity index (χ3v) is 3.41. The van der Waals surface area contributed by atoms with Gasteiger partial charge in [-0.1, -0.05) is 56.5 Å². The summed E-state index contributed by atoms with van der Waals surface area (Å²) in [4.78, 5) is 0. The van der Waals surface area contributed by atoms with Gasteiger partial charge in [0.1, 0.15) is 0 Å². The number of hydrogen-bond acceptors (Lipinski definition) is 3. The molecule has 2 unspecified atom stereocenters. The van der Waals surface area contributed by atoms with E-state index in [-0.39, 0.29) is 6.04 Å². The fourth-order valence-electron chi connectivity index (χ4n) is 2.08. The van der Waals surface area contributed by atoms with Crippen LogP contribution in [0.2, 0.25) is 0 Å². The normalized spacial score (nSPS) is 14.2. The second-order valence-corrected chi connectivity index (χ2v) is 5.33. The van der Waals surface area contributed by atoms with E-state index in [4.69, 9.17) is 4.74 Å². The minimum Gasteiger partial charge on any atom is -0.389 e. The van der Waals surface area contributed by atoms with Crippen LogP contribution < -0.4 is 5.32 Å². The Morgan fingerprint density at radius 1 is 1.15 bits per heavy atom. The average molecular weight is 279 g/mol. The highest BCUT2D eigenvalue weighted by Crippen LogP contribution is 2.10. The van der Waals surface area contributed by atoms with Crippen molar-refractivity contribution >= 4 is 0 Å². The van der Waals surface area contributed by atoms with Crippen LogP contribution in [0, 0.1) is 0 Å². The molecule has 0 aliphatic carbocycles. The van der Waals surface area contributed by atoms with Gasteiger partial charge in [-0.05, 0) is 18.9 Å². The fourth-order valence-corrected chi connectivity index (χ4v) is 2.08. The molecule has 3 heteroatoms. The number of unbranched alkanes of at least 4 members (excludes halogenated alkanes) is 3. The SMILES string of the molecule is CCCCCCOCC(O)CNC(C)c1ccccc1. The molecule has 0 fully saturated rings. The van der Waals surface area contributed by atoms with Crippen molar-refractivity contribution in [3.63, 3.8) is 0 Å². The third kappa shape index (κ3) is 7.63. The van der Waals surface area contributed by atoms with Gasteiger partial charge in [-0.25, -0.2) is 0 Å². The van der Waals surface area contributed by atoms with Crippen molar-refractivity contribution in [2.24, 2.45) is 0 Å². The van der Waals surface area contributed by atoms with Crippen LogP contribution in [-0.2, 0) is 4.74 Å². The molecule has 0 aromatic heterocycles. The Bertz CT molecular complexity index is 329. The first-order valence-corrected chi connectivity index (χ1v) is 7.78. The Labute approximate surface area is 123 Å². The number of nitrogens with one attached hydrogen (secondary N) is 1. The first-order chi connectivity index (χ1) is 9.74. The smallest absolute Gasteiger partial charge is 0.0897 e. The van der Waals surface area contributed by atoms with E-state index in [1.807, 2.05) is 18.2 Å². The zero-order valence-electron chi connectivity index (χ0n) is 12.8. The molecule has 0 spiro atoms. The number of aliphatic hydroxyl groups is 1. The lowest BCUT2D eigenvalue weighted by Gasteiger charge is -2.17. The molecular weight excluding hydrogens is 250 g/mol. The molecule has 0 amide bonds. The topological polar surface area (TPSA) is 41.5 Å². The van der Waals surface area contributed by atoms with Gasteiger partial charge in [0.25, 0.3) is 0 Å². The fraction of sp³-hybridized carbons (Fsp3) is 0.647. The van der Waals surface area contributed by atoms with Gasteiger partial charge in [-0.3, -0.25) is 0 Å². The predicted octanol–water partition coefficient (Wildman–Crippen LogP) is 3.30. The highest BCUT2D eigenvalue weighted by atomic mass is 16.5. The van der Waals surface area contributed by atoms with Crippen molar-refractivity contribution in [1.82, 2.24) is 5.32 Å². The van der Waals surface area contributed by atoms with Gasteiger partial charge < -0.3 is 15.2 Å². The van der Waals surface area contributed by atoms with Gasteiger partial charge in [0.2, 0.25) is 0 Å².